The fraction of sp³-hybridized carbons (Fsp3) is 0.647. The van der Waals surface area contributed by atoms with E-state index in [1.807, 2.05) is 32.0 Å². The fourth-order valence-corrected chi connectivity index (χ4v) is 2.43. The minimum Gasteiger partial charge on any atom is -0.493 e. The summed E-state index contributed by atoms with van der Waals surface area (Å²) in [6, 6.07) is 6.26. The molecule has 0 amide bonds. The predicted molar refractivity (Wildman–Crippen MR) is 86.2 cm³/mol. The van der Waals surface area contributed by atoms with E-state index >= 15 is 0 Å². The topological polar surface area (TPSA) is 50.7 Å². The molecule has 4 heteroatoms. The maximum atomic E-state index is 9.54. The molecule has 0 bridgehead atoms. The van der Waals surface area contributed by atoms with Gasteiger partial charge in [-0.25, -0.2) is 0 Å². The van der Waals surface area contributed by atoms with Crippen LogP contribution in [-0.4, -0.2) is 37.0 Å². The standard InChI is InChI=1S/C17H29NO3/c1-13(2)18-17(4,12-19)9-6-10-21-15-8-7-14(3)11-16(15)20-5/h7-8,11,13,18-19H,6,9-10,12H2,1-5H3. The Labute approximate surface area is 128 Å². The van der Waals surface area contributed by atoms with Gasteiger partial charge in [-0.3, -0.25) is 0 Å². The zero-order valence-corrected chi connectivity index (χ0v) is 13.9. The molecule has 1 unspecified atom stereocenters. The molecule has 1 rings (SSSR count). The Balaban J connectivity index is 2.46. The Morgan fingerprint density at radius 3 is 2.57 bits per heavy atom. The minimum atomic E-state index is -0.255. The molecule has 120 valence electrons. The van der Waals surface area contributed by atoms with Gasteiger partial charge in [0.2, 0.25) is 0 Å². The van der Waals surface area contributed by atoms with Crippen LogP contribution in [0.4, 0.5) is 0 Å². The summed E-state index contributed by atoms with van der Waals surface area (Å²) in [6.07, 6.45) is 1.73. The van der Waals surface area contributed by atoms with Crippen LogP contribution in [0.1, 0.15) is 39.2 Å². The number of methoxy groups -OCH3 is 1. The molecule has 0 saturated carbocycles. The second-order valence-corrected chi connectivity index (χ2v) is 6.12. The largest absolute Gasteiger partial charge is 0.493 e. The molecule has 1 aromatic rings. The second kappa shape index (κ2) is 8.25. The van der Waals surface area contributed by atoms with Crippen molar-refractivity contribution in [3.63, 3.8) is 0 Å². The van der Waals surface area contributed by atoms with Crippen molar-refractivity contribution in [2.45, 2.75) is 52.1 Å². The molecule has 0 aliphatic carbocycles. The SMILES string of the molecule is COc1cc(C)ccc1OCCCC(C)(CO)NC(C)C. The first-order valence-electron chi connectivity index (χ1n) is 7.56. The van der Waals surface area contributed by atoms with Crippen LogP contribution in [0.25, 0.3) is 0 Å². The number of aliphatic hydroxyl groups excluding tert-OH is 1. The lowest BCUT2D eigenvalue weighted by Crippen LogP contribution is -2.49. The van der Waals surface area contributed by atoms with Crippen LogP contribution in [0.3, 0.4) is 0 Å². The van der Waals surface area contributed by atoms with Crippen LogP contribution in [0.15, 0.2) is 18.2 Å². The van der Waals surface area contributed by atoms with E-state index in [1.54, 1.807) is 7.11 Å². The number of aryl methyl sites for hydroxylation is 1. The van der Waals surface area contributed by atoms with Gasteiger partial charge in [0.25, 0.3) is 0 Å². The highest BCUT2D eigenvalue weighted by Gasteiger charge is 2.23. The average molecular weight is 295 g/mol. The fourth-order valence-electron chi connectivity index (χ4n) is 2.43. The smallest absolute Gasteiger partial charge is 0.161 e. The van der Waals surface area contributed by atoms with Gasteiger partial charge in [-0.1, -0.05) is 19.9 Å². The summed E-state index contributed by atoms with van der Waals surface area (Å²) in [5.41, 5.74) is 0.891. The van der Waals surface area contributed by atoms with Gasteiger partial charge in [0.1, 0.15) is 0 Å². The van der Waals surface area contributed by atoms with Gasteiger partial charge in [0, 0.05) is 11.6 Å². The first-order chi connectivity index (χ1) is 9.90. The van der Waals surface area contributed by atoms with Crippen LogP contribution in [0, 0.1) is 6.92 Å². The van der Waals surface area contributed by atoms with E-state index in [0.29, 0.717) is 12.6 Å². The number of hydrogen-bond donors (Lipinski definition) is 2. The van der Waals surface area contributed by atoms with E-state index in [-0.39, 0.29) is 12.1 Å². The number of ether oxygens (including phenoxy) is 2. The van der Waals surface area contributed by atoms with Gasteiger partial charge in [-0.15, -0.1) is 0 Å². The van der Waals surface area contributed by atoms with Gasteiger partial charge in [0.05, 0.1) is 20.3 Å². The van der Waals surface area contributed by atoms with Gasteiger partial charge >= 0.3 is 0 Å². The first-order valence-corrected chi connectivity index (χ1v) is 7.56. The molecule has 0 radical (unpaired) electrons. The van der Waals surface area contributed by atoms with Gasteiger partial charge in [-0.05, 0) is 44.4 Å². The third kappa shape index (κ3) is 5.94. The molecule has 0 saturated heterocycles. The van der Waals surface area contributed by atoms with Crippen LogP contribution >= 0.6 is 0 Å². The second-order valence-electron chi connectivity index (χ2n) is 6.12. The van der Waals surface area contributed by atoms with E-state index in [9.17, 15) is 5.11 Å². The van der Waals surface area contributed by atoms with Crippen molar-refractivity contribution in [1.82, 2.24) is 5.32 Å². The Kier molecular flexibility index (Phi) is 6.99. The Hall–Kier alpha value is -1.26. The zero-order valence-electron chi connectivity index (χ0n) is 13.9. The van der Waals surface area contributed by atoms with Gasteiger partial charge < -0.3 is 19.9 Å². The normalized spacial score (nSPS) is 14.0. The van der Waals surface area contributed by atoms with Crippen LogP contribution in [-0.2, 0) is 0 Å². The Morgan fingerprint density at radius 2 is 2.00 bits per heavy atom. The maximum Gasteiger partial charge on any atom is 0.161 e. The van der Waals surface area contributed by atoms with Crippen molar-refractivity contribution < 1.29 is 14.6 Å². The zero-order chi connectivity index (χ0) is 15.9. The van der Waals surface area contributed by atoms with Crippen molar-refractivity contribution in [3.05, 3.63) is 23.8 Å². The van der Waals surface area contributed by atoms with E-state index in [0.717, 1.165) is 29.9 Å². The summed E-state index contributed by atoms with van der Waals surface area (Å²) < 4.78 is 11.1. The molecule has 2 N–H and O–H groups in total. The quantitative estimate of drug-likeness (QED) is 0.688. The molecule has 0 heterocycles. The lowest BCUT2D eigenvalue weighted by molar-refractivity contribution is 0.147. The molecule has 21 heavy (non-hydrogen) atoms. The van der Waals surface area contributed by atoms with E-state index < -0.39 is 0 Å². The van der Waals surface area contributed by atoms with Crippen LogP contribution in [0.2, 0.25) is 0 Å². The number of nitrogens with one attached hydrogen (secondary N) is 1. The van der Waals surface area contributed by atoms with Crippen molar-refractivity contribution in [3.8, 4) is 11.5 Å². The van der Waals surface area contributed by atoms with Crippen molar-refractivity contribution >= 4 is 0 Å². The highest BCUT2D eigenvalue weighted by atomic mass is 16.5. The van der Waals surface area contributed by atoms with Gasteiger partial charge in [0.15, 0.2) is 11.5 Å². The summed E-state index contributed by atoms with van der Waals surface area (Å²) in [6.45, 7) is 8.97. The molecule has 4 nitrogen and oxygen atoms in total. The molecule has 0 fully saturated rings. The van der Waals surface area contributed by atoms with Crippen LogP contribution in [0.5, 0.6) is 11.5 Å². The molecule has 0 aliphatic rings. The molecule has 1 atom stereocenters. The number of hydrogen-bond acceptors (Lipinski definition) is 4. The third-order valence-corrected chi connectivity index (χ3v) is 3.44. The van der Waals surface area contributed by atoms with E-state index in [1.165, 1.54) is 0 Å². The molecule has 0 aliphatic heterocycles. The summed E-state index contributed by atoms with van der Waals surface area (Å²) >= 11 is 0. The van der Waals surface area contributed by atoms with Gasteiger partial charge in [-0.2, -0.15) is 0 Å². The summed E-state index contributed by atoms with van der Waals surface area (Å²) in [5.74, 6) is 1.53. The molecular weight excluding hydrogens is 266 g/mol. The monoisotopic (exact) mass is 295 g/mol. The third-order valence-electron chi connectivity index (χ3n) is 3.44. The maximum absolute atomic E-state index is 9.54. The number of rotatable bonds is 9. The molecular formula is C17H29NO3. The lowest BCUT2D eigenvalue weighted by Gasteiger charge is -2.31. The molecule has 1 aromatic carbocycles. The molecule has 0 aromatic heterocycles. The van der Waals surface area contributed by atoms with Crippen molar-refractivity contribution in [1.29, 1.82) is 0 Å². The number of aliphatic hydroxyl groups is 1. The Bertz CT molecular complexity index is 434. The Morgan fingerprint density at radius 1 is 1.29 bits per heavy atom. The van der Waals surface area contributed by atoms with E-state index in [4.69, 9.17) is 9.47 Å². The summed E-state index contributed by atoms with van der Waals surface area (Å²) in [4.78, 5) is 0. The lowest BCUT2D eigenvalue weighted by atomic mass is 9.96. The highest BCUT2D eigenvalue weighted by molar-refractivity contribution is 5.42. The highest BCUT2D eigenvalue weighted by Crippen LogP contribution is 2.28. The summed E-state index contributed by atoms with van der Waals surface area (Å²) in [5, 5.41) is 12.9. The molecule has 0 spiro atoms. The summed E-state index contributed by atoms with van der Waals surface area (Å²) in [7, 11) is 1.65. The van der Waals surface area contributed by atoms with E-state index in [2.05, 4.69) is 19.2 Å². The van der Waals surface area contributed by atoms with Crippen molar-refractivity contribution in [2.75, 3.05) is 20.3 Å². The first kappa shape index (κ1) is 17.8. The predicted octanol–water partition coefficient (Wildman–Crippen LogP) is 2.91. The van der Waals surface area contributed by atoms with Crippen molar-refractivity contribution in [2.24, 2.45) is 0 Å². The minimum absolute atomic E-state index is 0.124. The van der Waals surface area contributed by atoms with Crippen LogP contribution < -0.4 is 14.8 Å². The average Bonchev–Trinajstić information content (AvgIpc) is 2.44. The number of benzene rings is 1.